The third-order valence-electron chi connectivity index (χ3n) is 1.99. The van der Waals surface area contributed by atoms with Crippen LogP contribution in [0.15, 0.2) is 12.1 Å². The van der Waals surface area contributed by atoms with Gasteiger partial charge < -0.3 is 5.11 Å². The smallest absolute Gasteiger partial charge is 0.347 e. The summed E-state index contributed by atoms with van der Waals surface area (Å²) in [5.41, 5.74) is -0.820. The zero-order chi connectivity index (χ0) is 12.3. The Hall–Kier alpha value is -2.22. The molecule has 0 saturated carbocycles. The molecular weight excluding hydrogens is 216 g/mol. The van der Waals surface area contributed by atoms with Gasteiger partial charge in [0.25, 0.3) is 0 Å². The molecule has 3 nitrogen and oxygen atoms in total. The molecule has 0 amide bonds. The molecule has 1 N–H and O–H groups in total. The monoisotopic (exact) mass is 223 g/mol. The van der Waals surface area contributed by atoms with Crippen molar-refractivity contribution >= 4 is 17.6 Å². The Morgan fingerprint density at radius 1 is 1.44 bits per heavy atom. The number of hydrogen-bond acceptors (Lipinski definition) is 2. The second kappa shape index (κ2) is 4.53. The highest BCUT2D eigenvalue weighted by molar-refractivity contribution is 6.14. The van der Waals surface area contributed by atoms with Crippen molar-refractivity contribution in [2.24, 2.45) is 0 Å². The SMILES string of the molecule is CC=c1cc(F)/c(=C(/C#N)C(=O)O)cc1F. The van der Waals surface area contributed by atoms with Crippen molar-refractivity contribution in [3.8, 4) is 6.07 Å². The van der Waals surface area contributed by atoms with Crippen LogP contribution >= 0.6 is 0 Å². The quantitative estimate of drug-likeness (QED) is 0.755. The third kappa shape index (κ3) is 2.06. The van der Waals surface area contributed by atoms with Gasteiger partial charge in [0.2, 0.25) is 0 Å². The molecule has 1 aromatic rings. The van der Waals surface area contributed by atoms with Crippen LogP contribution in [0.2, 0.25) is 0 Å². The van der Waals surface area contributed by atoms with E-state index in [9.17, 15) is 13.6 Å². The number of halogens is 2. The first-order valence-corrected chi connectivity index (χ1v) is 4.30. The van der Waals surface area contributed by atoms with Gasteiger partial charge in [-0.3, -0.25) is 0 Å². The molecule has 0 atom stereocenters. The normalized spacial score (nSPS) is 13.2. The van der Waals surface area contributed by atoms with Gasteiger partial charge in [0.15, 0.2) is 0 Å². The van der Waals surface area contributed by atoms with Crippen molar-refractivity contribution in [3.63, 3.8) is 0 Å². The first-order valence-electron chi connectivity index (χ1n) is 4.30. The van der Waals surface area contributed by atoms with Gasteiger partial charge in [-0.1, -0.05) is 6.08 Å². The van der Waals surface area contributed by atoms with Gasteiger partial charge >= 0.3 is 5.97 Å². The number of carbonyl (C=O) groups is 1. The average molecular weight is 223 g/mol. The Morgan fingerprint density at radius 2 is 2.06 bits per heavy atom. The van der Waals surface area contributed by atoms with Crippen LogP contribution in [0, 0.1) is 23.0 Å². The summed E-state index contributed by atoms with van der Waals surface area (Å²) in [6, 6.07) is 2.88. The van der Waals surface area contributed by atoms with Gasteiger partial charge in [-0.05, 0) is 19.1 Å². The van der Waals surface area contributed by atoms with E-state index in [0.717, 1.165) is 6.07 Å². The first kappa shape index (κ1) is 11.9. The highest BCUT2D eigenvalue weighted by atomic mass is 19.1. The summed E-state index contributed by atoms with van der Waals surface area (Å²) in [5.74, 6) is -3.30. The molecule has 0 aromatic heterocycles. The highest BCUT2D eigenvalue weighted by Gasteiger charge is 2.11. The fourth-order valence-electron chi connectivity index (χ4n) is 1.20. The van der Waals surface area contributed by atoms with Gasteiger partial charge in [0.05, 0.1) is 0 Å². The minimum atomic E-state index is -1.59. The molecule has 0 aliphatic carbocycles. The predicted octanol–water partition coefficient (Wildman–Crippen LogP) is 0.524. The second-order valence-electron chi connectivity index (χ2n) is 2.93. The minimum absolute atomic E-state index is 0.0175. The zero-order valence-electron chi connectivity index (χ0n) is 8.29. The summed E-state index contributed by atoms with van der Waals surface area (Å²) in [5, 5.41) is 16.6. The third-order valence-corrected chi connectivity index (χ3v) is 1.99. The van der Waals surface area contributed by atoms with Crippen LogP contribution in [0.3, 0.4) is 0 Å². The summed E-state index contributed by atoms with van der Waals surface area (Å²) >= 11 is 0. The molecule has 0 bridgehead atoms. The standard InChI is InChI=1S/C11H7F2NO2/c1-2-6-3-10(13)7(4-9(6)12)8(5-14)11(15)16/h2-4H,1H3,(H,15,16)/b6-2?,8-7-. The van der Waals surface area contributed by atoms with E-state index in [1.807, 2.05) is 0 Å². The van der Waals surface area contributed by atoms with E-state index in [0.29, 0.717) is 6.07 Å². The molecule has 5 heteroatoms. The molecule has 0 saturated heterocycles. The van der Waals surface area contributed by atoms with Crippen LogP contribution in [0.1, 0.15) is 6.92 Å². The number of nitriles is 1. The Morgan fingerprint density at radius 3 is 2.50 bits per heavy atom. The molecule has 1 rings (SSSR count). The molecule has 16 heavy (non-hydrogen) atoms. The molecule has 0 aliphatic heterocycles. The lowest BCUT2D eigenvalue weighted by molar-refractivity contribution is -0.130. The van der Waals surface area contributed by atoms with Crippen LogP contribution in [0.5, 0.6) is 0 Å². The molecule has 0 fully saturated rings. The molecule has 0 spiro atoms. The van der Waals surface area contributed by atoms with Crippen molar-refractivity contribution < 1.29 is 18.7 Å². The lowest BCUT2D eigenvalue weighted by atomic mass is 10.1. The van der Waals surface area contributed by atoms with Crippen LogP contribution in [-0.4, -0.2) is 11.1 Å². The van der Waals surface area contributed by atoms with Gasteiger partial charge in [-0.2, -0.15) is 5.26 Å². The lowest BCUT2D eigenvalue weighted by Crippen LogP contribution is -2.22. The van der Waals surface area contributed by atoms with E-state index in [2.05, 4.69) is 0 Å². The fourth-order valence-corrected chi connectivity index (χ4v) is 1.20. The topological polar surface area (TPSA) is 61.1 Å². The molecule has 0 radical (unpaired) electrons. The predicted molar refractivity (Wildman–Crippen MR) is 52.4 cm³/mol. The van der Waals surface area contributed by atoms with E-state index < -0.39 is 28.4 Å². The summed E-state index contributed by atoms with van der Waals surface area (Å²) in [7, 11) is 0. The summed E-state index contributed by atoms with van der Waals surface area (Å²) in [6.45, 7) is 1.52. The van der Waals surface area contributed by atoms with E-state index in [-0.39, 0.29) is 5.22 Å². The molecule has 1 aromatic carbocycles. The van der Waals surface area contributed by atoms with Gasteiger partial charge in [-0.25, -0.2) is 13.6 Å². The number of rotatable bonds is 1. The Balaban J connectivity index is 3.80. The van der Waals surface area contributed by atoms with Crippen molar-refractivity contribution in [1.82, 2.24) is 0 Å². The molecule has 0 heterocycles. The van der Waals surface area contributed by atoms with Crippen molar-refractivity contribution in [3.05, 3.63) is 34.2 Å². The van der Waals surface area contributed by atoms with Crippen molar-refractivity contribution in [1.29, 1.82) is 5.26 Å². The number of carboxylic acids is 1. The van der Waals surface area contributed by atoms with Crippen LogP contribution in [0.25, 0.3) is 11.6 Å². The number of aliphatic carboxylic acids is 1. The summed E-state index contributed by atoms with van der Waals surface area (Å²) in [6.07, 6.45) is 1.34. The van der Waals surface area contributed by atoms with E-state index in [1.165, 1.54) is 19.1 Å². The zero-order valence-corrected chi connectivity index (χ0v) is 8.29. The fraction of sp³-hybridized carbons (Fsp3) is 0.0909. The number of nitrogens with zero attached hydrogens (tertiary/aromatic N) is 1. The van der Waals surface area contributed by atoms with E-state index >= 15 is 0 Å². The minimum Gasteiger partial charge on any atom is -0.477 e. The average Bonchev–Trinajstić information content (AvgIpc) is 2.23. The van der Waals surface area contributed by atoms with Gasteiger partial charge in [-0.15, -0.1) is 0 Å². The second-order valence-corrected chi connectivity index (χ2v) is 2.93. The Bertz CT molecular complexity index is 600. The molecular formula is C11H7F2NO2. The number of hydrogen-bond donors (Lipinski definition) is 1. The van der Waals surface area contributed by atoms with Crippen LogP contribution < -0.4 is 10.4 Å². The lowest BCUT2D eigenvalue weighted by Gasteiger charge is -1.96. The number of benzene rings is 1. The van der Waals surface area contributed by atoms with E-state index in [4.69, 9.17) is 10.4 Å². The molecule has 82 valence electrons. The van der Waals surface area contributed by atoms with Crippen LogP contribution in [0.4, 0.5) is 8.78 Å². The van der Waals surface area contributed by atoms with Crippen molar-refractivity contribution in [2.75, 3.05) is 0 Å². The number of carboxylic acid groups (broad SMARTS) is 1. The van der Waals surface area contributed by atoms with Crippen LogP contribution in [-0.2, 0) is 4.79 Å². The van der Waals surface area contributed by atoms with E-state index in [1.54, 1.807) is 0 Å². The van der Waals surface area contributed by atoms with Gasteiger partial charge in [0.1, 0.15) is 23.3 Å². The Labute approximate surface area is 89.6 Å². The summed E-state index contributed by atoms with van der Waals surface area (Å²) in [4.78, 5) is 10.6. The molecule has 0 unspecified atom stereocenters. The highest BCUT2D eigenvalue weighted by Crippen LogP contribution is 1.95. The van der Waals surface area contributed by atoms with Crippen molar-refractivity contribution in [2.45, 2.75) is 6.92 Å². The maximum atomic E-state index is 13.4. The maximum Gasteiger partial charge on any atom is 0.347 e. The Kier molecular flexibility index (Phi) is 3.36. The largest absolute Gasteiger partial charge is 0.477 e. The first-order chi connectivity index (χ1) is 7.51. The van der Waals surface area contributed by atoms with Gasteiger partial charge in [0, 0.05) is 10.4 Å². The maximum absolute atomic E-state index is 13.4. The summed E-state index contributed by atoms with van der Waals surface area (Å²) < 4.78 is 26.7. The molecule has 0 aliphatic rings.